The Bertz CT molecular complexity index is 429. The first-order chi connectivity index (χ1) is 8.38. The van der Waals surface area contributed by atoms with Crippen LogP contribution in [0.1, 0.15) is 39.7 Å². The molecule has 0 aliphatic carbocycles. The Hall–Kier alpha value is -1.38. The third kappa shape index (κ3) is 3.09. The van der Waals surface area contributed by atoms with Crippen molar-refractivity contribution in [1.82, 2.24) is 0 Å². The monoisotopic (exact) mass is 251 g/mol. The minimum atomic E-state index is -0.236. The molecule has 18 heavy (non-hydrogen) atoms. The van der Waals surface area contributed by atoms with Crippen LogP contribution in [0.2, 0.25) is 0 Å². The van der Waals surface area contributed by atoms with Crippen LogP contribution in [0.3, 0.4) is 0 Å². The average Bonchev–Trinajstić information content (AvgIpc) is 2.33. The van der Waals surface area contributed by atoms with E-state index in [1.165, 1.54) is 6.07 Å². The molecule has 1 rings (SSSR count). The summed E-state index contributed by atoms with van der Waals surface area (Å²) >= 11 is 0. The smallest absolute Gasteiger partial charge is 0.229 e. The van der Waals surface area contributed by atoms with E-state index in [1.54, 1.807) is 24.0 Å². The van der Waals surface area contributed by atoms with Crippen molar-refractivity contribution in [2.24, 2.45) is 5.92 Å². The number of hydrogen-bond acceptors (Lipinski definition) is 1. The number of benzene rings is 1. The number of carbonyl (C=O) groups is 1. The highest BCUT2D eigenvalue weighted by molar-refractivity contribution is 5.95. The van der Waals surface area contributed by atoms with Gasteiger partial charge in [0.15, 0.2) is 0 Å². The summed E-state index contributed by atoms with van der Waals surface area (Å²) in [6, 6.07) is 4.95. The number of amides is 1. The Kier molecular flexibility index (Phi) is 4.88. The van der Waals surface area contributed by atoms with Crippen molar-refractivity contribution in [3.8, 4) is 0 Å². The molecule has 3 heteroatoms. The summed E-state index contributed by atoms with van der Waals surface area (Å²) in [6.45, 7) is 9.54. The second kappa shape index (κ2) is 5.98. The number of carbonyl (C=O) groups excluding carboxylic acids is 1. The molecule has 0 N–H and O–H groups in total. The molecular formula is C15H22FNO. The van der Waals surface area contributed by atoms with Gasteiger partial charge < -0.3 is 4.90 Å². The summed E-state index contributed by atoms with van der Waals surface area (Å²) < 4.78 is 13.3. The molecule has 1 unspecified atom stereocenters. The molecule has 1 aromatic carbocycles. The zero-order chi connectivity index (χ0) is 13.9. The lowest BCUT2D eigenvalue weighted by Gasteiger charge is -2.30. The molecule has 1 amide bonds. The molecule has 0 heterocycles. The standard InChI is InChI=1S/C15H22FNO/c1-6-12(5)17(15(18)10(2)3)13-7-8-14(16)11(4)9-13/h7-10,12H,6H2,1-5H3. The van der Waals surface area contributed by atoms with Gasteiger partial charge in [-0.25, -0.2) is 4.39 Å². The average molecular weight is 251 g/mol. The van der Waals surface area contributed by atoms with E-state index in [1.807, 2.05) is 27.7 Å². The van der Waals surface area contributed by atoms with Crippen LogP contribution in [0.5, 0.6) is 0 Å². The third-order valence-corrected chi connectivity index (χ3v) is 3.18. The third-order valence-electron chi connectivity index (χ3n) is 3.18. The number of nitrogens with zero attached hydrogens (tertiary/aromatic N) is 1. The van der Waals surface area contributed by atoms with Crippen LogP contribution in [0, 0.1) is 18.7 Å². The Morgan fingerprint density at radius 1 is 1.33 bits per heavy atom. The second-order valence-electron chi connectivity index (χ2n) is 5.05. The van der Waals surface area contributed by atoms with Crippen molar-refractivity contribution in [3.05, 3.63) is 29.6 Å². The summed E-state index contributed by atoms with van der Waals surface area (Å²) in [6.07, 6.45) is 0.870. The number of halogens is 1. The zero-order valence-electron chi connectivity index (χ0n) is 11.8. The molecule has 0 aliphatic rings. The van der Waals surface area contributed by atoms with E-state index in [9.17, 15) is 9.18 Å². The molecule has 0 spiro atoms. The highest BCUT2D eigenvalue weighted by Gasteiger charge is 2.23. The minimum absolute atomic E-state index is 0.0654. The van der Waals surface area contributed by atoms with Crippen molar-refractivity contribution >= 4 is 11.6 Å². The van der Waals surface area contributed by atoms with Gasteiger partial charge in [-0.1, -0.05) is 20.8 Å². The lowest BCUT2D eigenvalue weighted by atomic mass is 10.1. The van der Waals surface area contributed by atoms with Crippen LogP contribution in [0.4, 0.5) is 10.1 Å². The van der Waals surface area contributed by atoms with Gasteiger partial charge in [0.1, 0.15) is 5.82 Å². The van der Waals surface area contributed by atoms with Crippen molar-refractivity contribution in [1.29, 1.82) is 0 Å². The fourth-order valence-corrected chi connectivity index (χ4v) is 1.84. The van der Waals surface area contributed by atoms with Gasteiger partial charge in [-0.3, -0.25) is 4.79 Å². The van der Waals surface area contributed by atoms with E-state index < -0.39 is 0 Å². The largest absolute Gasteiger partial charge is 0.309 e. The molecule has 0 bridgehead atoms. The molecule has 0 radical (unpaired) electrons. The van der Waals surface area contributed by atoms with Crippen LogP contribution in [0.15, 0.2) is 18.2 Å². The molecule has 1 aromatic rings. The highest BCUT2D eigenvalue weighted by atomic mass is 19.1. The lowest BCUT2D eigenvalue weighted by Crippen LogP contribution is -2.41. The fraction of sp³-hybridized carbons (Fsp3) is 0.533. The van der Waals surface area contributed by atoms with Crippen LogP contribution in [-0.4, -0.2) is 11.9 Å². The molecule has 0 aliphatic heterocycles. The van der Waals surface area contributed by atoms with Crippen LogP contribution < -0.4 is 4.90 Å². The van der Waals surface area contributed by atoms with Gasteiger partial charge in [0.25, 0.3) is 0 Å². The number of rotatable bonds is 4. The summed E-state index contributed by atoms with van der Waals surface area (Å²) in [5.41, 5.74) is 1.35. The van der Waals surface area contributed by atoms with Gasteiger partial charge in [0.05, 0.1) is 0 Å². The van der Waals surface area contributed by atoms with Gasteiger partial charge in [-0.15, -0.1) is 0 Å². The van der Waals surface area contributed by atoms with Gasteiger partial charge in [-0.05, 0) is 44.0 Å². The first-order valence-corrected chi connectivity index (χ1v) is 6.47. The van der Waals surface area contributed by atoms with Crippen molar-refractivity contribution in [2.45, 2.75) is 47.1 Å². The molecular weight excluding hydrogens is 229 g/mol. The maximum atomic E-state index is 13.3. The van der Waals surface area contributed by atoms with Crippen molar-refractivity contribution in [2.75, 3.05) is 4.90 Å². The summed E-state index contributed by atoms with van der Waals surface area (Å²) in [7, 11) is 0. The molecule has 100 valence electrons. The van der Waals surface area contributed by atoms with E-state index in [0.29, 0.717) is 5.56 Å². The molecule has 0 fully saturated rings. The summed E-state index contributed by atoms with van der Waals surface area (Å²) in [5.74, 6) is -0.223. The first kappa shape index (κ1) is 14.7. The van der Waals surface area contributed by atoms with E-state index in [2.05, 4.69) is 0 Å². The minimum Gasteiger partial charge on any atom is -0.309 e. The fourth-order valence-electron chi connectivity index (χ4n) is 1.84. The maximum Gasteiger partial charge on any atom is 0.229 e. The Labute approximate surface area is 109 Å². The maximum absolute atomic E-state index is 13.3. The Morgan fingerprint density at radius 2 is 1.94 bits per heavy atom. The van der Waals surface area contributed by atoms with Crippen molar-refractivity contribution in [3.63, 3.8) is 0 Å². The van der Waals surface area contributed by atoms with Crippen molar-refractivity contribution < 1.29 is 9.18 Å². The van der Waals surface area contributed by atoms with E-state index in [0.717, 1.165) is 12.1 Å². The Morgan fingerprint density at radius 3 is 2.39 bits per heavy atom. The summed E-state index contributed by atoms with van der Waals surface area (Å²) in [5, 5.41) is 0. The quantitative estimate of drug-likeness (QED) is 0.794. The molecule has 0 saturated heterocycles. The number of aryl methyl sites for hydroxylation is 1. The van der Waals surface area contributed by atoms with E-state index >= 15 is 0 Å². The second-order valence-corrected chi connectivity index (χ2v) is 5.05. The van der Waals surface area contributed by atoms with Crippen LogP contribution in [-0.2, 0) is 4.79 Å². The molecule has 0 saturated carbocycles. The van der Waals surface area contributed by atoms with Crippen LogP contribution >= 0.6 is 0 Å². The molecule has 1 atom stereocenters. The first-order valence-electron chi connectivity index (χ1n) is 6.47. The van der Waals surface area contributed by atoms with Crippen LogP contribution in [0.25, 0.3) is 0 Å². The van der Waals surface area contributed by atoms with Gasteiger partial charge in [-0.2, -0.15) is 0 Å². The molecule has 2 nitrogen and oxygen atoms in total. The highest BCUT2D eigenvalue weighted by Crippen LogP contribution is 2.23. The number of anilines is 1. The van der Waals surface area contributed by atoms with Gasteiger partial charge in [0.2, 0.25) is 5.91 Å². The lowest BCUT2D eigenvalue weighted by molar-refractivity contribution is -0.121. The Balaban J connectivity index is 3.17. The van der Waals surface area contributed by atoms with E-state index in [-0.39, 0.29) is 23.7 Å². The topological polar surface area (TPSA) is 20.3 Å². The van der Waals surface area contributed by atoms with Gasteiger partial charge in [0, 0.05) is 17.6 Å². The van der Waals surface area contributed by atoms with Gasteiger partial charge >= 0.3 is 0 Å². The normalized spacial score (nSPS) is 12.6. The SMILES string of the molecule is CCC(C)N(C(=O)C(C)C)c1ccc(F)c(C)c1. The zero-order valence-corrected chi connectivity index (χ0v) is 11.8. The molecule has 0 aromatic heterocycles. The van der Waals surface area contributed by atoms with E-state index in [4.69, 9.17) is 0 Å². The predicted molar refractivity (Wildman–Crippen MR) is 73.2 cm³/mol. The number of hydrogen-bond donors (Lipinski definition) is 0. The predicted octanol–water partition coefficient (Wildman–Crippen LogP) is 3.92. The summed E-state index contributed by atoms with van der Waals surface area (Å²) in [4.78, 5) is 14.0.